The second kappa shape index (κ2) is 9.78. The van der Waals surface area contributed by atoms with Crippen LogP contribution in [0.5, 0.6) is 0 Å². The van der Waals surface area contributed by atoms with Crippen molar-refractivity contribution in [2.24, 2.45) is 0 Å². The summed E-state index contributed by atoms with van der Waals surface area (Å²) in [5, 5.41) is 13.3. The summed E-state index contributed by atoms with van der Waals surface area (Å²) in [4.78, 5) is 0. The van der Waals surface area contributed by atoms with Gasteiger partial charge in [0.2, 0.25) is 0 Å². The summed E-state index contributed by atoms with van der Waals surface area (Å²) in [6, 6.07) is 16.8. The summed E-state index contributed by atoms with van der Waals surface area (Å²) in [6.45, 7) is 2.27. The van der Waals surface area contributed by atoms with Crippen LogP contribution in [0, 0.1) is 0 Å². The Kier molecular flexibility index (Phi) is 7.13. The second-order valence-corrected chi connectivity index (χ2v) is 7.50. The fourth-order valence-corrected chi connectivity index (χ4v) is 4.04. The van der Waals surface area contributed by atoms with Gasteiger partial charge in [-0.2, -0.15) is 0 Å². The first-order valence-corrected chi connectivity index (χ1v) is 10.5. The molecule has 0 saturated carbocycles. The molecule has 3 rings (SSSR count). The quantitative estimate of drug-likeness (QED) is 0.363. The summed E-state index contributed by atoms with van der Waals surface area (Å²) < 4.78 is 2.12. The molecule has 0 bridgehead atoms. The van der Waals surface area contributed by atoms with E-state index in [2.05, 4.69) is 60.0 Å². The maximum Gasteiger partial charge on any atom is 0.131 e. The number of nitrogens with zero attached hydrogens (tertiary/aromatic N) is 1. The molecule has 26 heavy (non-hydrogen) atoms. The van der Waals surface area contributed by atoms with Gasteiger partial charge in [0, 0.05) is 10.8 Å². The molecule has 0 fully saturated rings. The zero-order valence-corrected chi connectivity index (χ0v) is 16.2. The molecule has 0 aliphatic rings. The van der Waals surface area contributed by atoms with E-state index in [0.717, 1.165) is 23.9 Å². The van der Waals surface area contributed by atoms with E-state index < -0.39 is 6.23 Å². The van der Waals surface area contributed by atoms with Gasteiger partial charge >= 0.3 is 0 Å². The molecule has 1 atom stereocenters. The van der Waals surface area contributed by atoms with Crippen molar-refractivity contribution in [3.8, 4) is 0 Å². The van der Waals surface area contributed by atoms with E-state index in [9.17, 15) is 5.11 Å². The molecule has 0 saturated heterocycles. The van der Waals surface area contributed by atoms with Gasteiger partial charge in [0.05, 0.1) is 11.0 Å². The van der Waals surface area contributed by atoms with Crippen molar-refractivity contribution in [2.75, 3.05) is 0 Å². The Bertz CT molecular complexity index is 751. The Labute approximate surface area is 157 Å². The molecular formula is C24H33NO. The van der Waals surface area contributed by atoms with Gasteiger partial charge in [-0.3, -0.25) is 0 Å². The molecule has 2 heteroatoms. The highest BCUT2D eigenvalue weighted by atomic mass is 16.3. The normalized spacial score (nSPS) is 12.8. The number of rotatable bonds is 11. The summed E-state index contributed by atoms with van der Waals surface area (Å²) >= 11 is 0. The largest absolute Gasteiger partial charge is 0.373 e. The summed E-state index contributed by atoms with van der Waals surface area (Å²) in [6.07, 6.45) is 12.2. The van der Waals surface area contributed by atoms with E-state index in [0.29, 0.717) is 0 Å². The van der Waals surface area contributed by atoms with E-state index in [1.165, 1.54) is 62.1 Å². The third-order valence-corrected chi connectivity index (χ3v) is 5.48. The number of hydrogen-bond donors (Lipinski definition) is 1. The minimum absolute atomic E-state index is 0.440. The van der Waals surface area contributed by atoms with Crippen LogP contribution in [0.25, 0.3) is 21.8 Å². The molecule has 0 aliphatic carbocycles. The third kappa shape index (κ3) is 4.48. The van der Waals surface area contributed by atoms with Crippen LogP contribution in [0.4, 0.5) is 0 Å². The number of aliphatic hydroxyl groups is 1. The van der Waals surface area contributed by atoms with Crippen molar-refractivity contribution in [3.63, 3.8) is 0 Å². The Hall–Kier alpha value is -1.80. The Morgan fingerprint density at radius 1 is 0.692 bits per heavy atom. The number of aromatic nitrogens is 1. The summed E-state index contributed by atoms with van der Waals surface area (Å²) in [7, 11) is 0. The maximum atomic E-state index is 10.9. The molecule has 0 radical (unpaired) electrons. The van der Waals surface area contributed by atoms with Crippen molar-refractivity contribution in [3.05, 3.63) is 48.5 Å². The molecule has 1 unspecified atom stereocenters. The first-order chi connectivity index (χ1) is 12.8. The standard InChI is InChI=1S/C24H33NO/c1-2-3-4-5-6-7-8-9-10-19-24(26)25-22-17-13-11-15-20(22)21-16-12-14-18-23(21)25/h11-18,24,26H,2-10,19H2,1H3. The van der Waals surface area contributed by atoms with Gasteiger partial charge in [-0.1, -0.05) is 94.7 Å². The highest BCUT2D eigenvalue weighted by Gasteiger charge is 2.15. The van der Waals surface area contributed by atoms with Gasteiger partial charge in [0.15, 0.2) is 0 Å². The van der Waals surface area contributed by atoms with Crippen LogP contribution in [0.3, 0.4) is 0 Å². The number of para-hydroxylation sites is 2. The minimum atomic E-state index is -0.440. The van der Waals surface area contributed by atoms with E-state index >= 15 is 0 Å². The Morgan fingerprint density at radius 2 is 1.15 bits per heavy atom. The predicted molar refractivity (Wildman–Crippen MR) is 113 cm³/mol. The molecule has 0 spiro atoms. The number of fused-ring (bicyclic) bond motifs is 3. The minimum Gasteiger partial charge on any atom is -0.373 e. The number of unbranched alkanes of at least 4 members (excludes halogenated alkanes) is 8. The number of hydrogen-bond acceptors (Lipinski definition) is 1. The molecule has 0 aliphatic heterocycles. The first-order valence-electron chi connectivity index (χ1n) is 10.5. The Morgan fingerprint density at radius 3 is 1.69 bits per heavy atom. The van der Waals surface area contributed by atoms with Crippen LogP contribution in [-0.2, 0) is 0 Å². The molecule has 140 valence electrons. The van der Waals surface area contributed by atoms with Crippen molar-refractivity contribution >= 4 is 21.8 Å². The lowest BCUT2D eigenvalue weighted by molar-refractivity contribution is 0.0999. The SMILES string of the molecule is CCCCCCCCCCCC(O)n1c2ccccc2c2ccccc21. The van der Waals surface area contributed by atoms with Crippen molar-refractivity contribution < 1.29 is 5.11 Å². The lowest BCUT2D eigenvalue weighted by Crippen LogP contribution is -2.07. The van der Waals surface area contributed by atoms with Crippen LogP contribution in [0.15, 0.2) is 48.5 Å². The van der Waals surface area contributed by atoms with Crippen LogP contribution in [-0.4, -0.2) is 9.67 Å². The molecule has 1 aromatic heterocycles. The molecule has 3 aromatic rings. The van der Waals surface area contributed by atoms with Crippen LogP contribution in [0.1, 0.15) is 77.4 Å². The highest BCUT2D eigenvalue weighted by molar-refractivity contribution is 6.08. The molecule has 0 amide bonds. The van der Waals surface area contributed by atoms with Gasteiger partial charge in [-0.15, -0.1) is 0 Å². The molecule has 2 aromatic carbocycles. The van der Waals surface area contributed by atoms with E-state index in [4.69, 9.17) is 0 Å². The van der Waals surface area contributed by atoms with Gasteiger partial charge < -0.3 is 9.67 Å². The predicted octanol–water partition coefficient (Wildman–Crippen LogP) is 7.21. The molecule has 1 heterocycles. The zero-order chi connectivity index (χ0) is 18.2. The van der Waals surface area contributed by atoms with Gasteiger partial charge in [0.25, 0.3) is 0 Å². The zero-order valence-electron chi connectivity index (χ0n) is 16.2. The monoisotopic (exact) mass is 351 g/mol. The summed E-state index contributed by atoms with van der Waals surface area (Å²) in [5.41, 5.74) is 2.27. The van der Waals surface area contributed by atoms with Gasteiger partial charge in [-0.05, 0) is 25.0 Å². The highest BCUT2D eigenvalue weighted by Crippen LogP contribution is 2.32. The number of aliphatic hydroxyl groups excluding tert-OH is 1. The van der Waals surface area contributed by atoms with Crippen molar-refractivity contribution in [1.29, 1.82) is 0 Å². The van der Waals surface area contributed by atoms with E-state index in [-0.39, 0.29) is 0 Å². The lowest BCUT2D eigenvalue weighted by atomic mass is 10.1. The summed E-state index contributed by atoms with van der Waals surface area (Å²) in [5.74, 6) is 0. The van der Waals surface area contributed by atoms with Gasteiger partial charge in [-0.25, -0.2) is 0 Å². The smallest absolute Gasteiger partial charge is 0.131 e. The number of benzene rings is 2. The molecule has 1 N–H and O–H groups in total. The van der Waals surface area contributed by atoms with Crippen LogP contribution < -0.4 is 0 Å². The van der Waals surface area contributed by atoms with E-state index in [1.807, 2.05) is 0 Å². The first kappa shape index (κ1) is 19.0. The topological polar surface area (TPSA) is 25.2 Å². The van der Waals surface area contributed by atoms with E-state index in [1.54, 1.807) is 0 Å². The maximum absolute atomic E-state index is 10.9. The van der Waals surface area contributed by atoms with Gasteiger partial charge in [0.1, 0.15) is 6.23 Å². The lowest BCUT2D eigenvalue weighted by Gasteiger charge is -2.15. The van der Waals surface area contributed by atoms with Crippen molar-refractivity contribution in [1.82, 2.24) is 4.57 Å². The van der Waals surface area contributed by atoms with Crippen molar-refractivity contribution in [2.45, 2.75) is 77.4 Å². The average molecular weight is 352 g/mol. The Balaban J connectivity index is 1.54. The fourth-order valence-electron chi connectivity index (χ4n) is 4.04. The molecule has 2 nitrogen and oxygen atoms in total. The third-order valence-electron chi connectivity index (χ3n) is 5.48. The van der Waals surface area contributed by atoms with Crippen LogP contribution >= 0.6 is 0 Å². The second-order valence-electron chi connectivity index (χ2n) is 7.50. The molecular weight excluding hydrogens is 318 g/mol. The average Bonchev–Trinajstić information content (AvgIpc) is 3.01. The fraction of sp³-hybridized carbons (Fsp3) is 0.500. The van der Waals surface area contributed by atoms with Crippen LogP contribution in [0.2, 0.25) is 0 Å².